The Bertz CT molecular complexity index is 2460. The lowest BCUT2D eigenvalue weighted by Gasteiger charge is -2.23. The van der Waals surface area contributed by atoms with Gasteiger partial charge in [-0.3, -0.25) is 0 Å². The van der Waals surface area contributed by atoms with Crippen LogP contribution in [-0.4, -0.2) is 15.0 Å². The fourth-order valence-electron chi connectivity index (χ4n) is 6.71. The van der Waals surface area contributed by atoms with E-state index in [9.17, 15) is 0 Å². The van der Waals surface area contributed by atoms with Crippen LogP contribution in [-0.2, 0) is 6.61 Å². The molecule has 0 bridgehead atoms. The molecule has 9 rings (SSSR count). The Balaban J connectivity index is 1.13. The van der Waals surface area contributed by atoms with Crippen molar-refractivity contribution in [2.75, 3.05) is 0 Å². The van der Waals surface area contributed by atoms with Gasteiger partial charge in [0.05, 0.1) is 0 Å². The molecule has 0 unspecified atom stereocenters. The number of rotatable bonds is 6. The molecule has 0 saturated heterocycles. The third-order valence-corrected chi connectivity index (χ3v) is 9.26. The van der Waals surface area contributed by atoms with Gasteiger partial charge >= 0.3 is 0 Å². The third kappa shape index (κ3) is 5.63. The van der Waals surface area contributed by atoms with E-state index in [1.54, 1.807) is 0 Å². The topological polar surface area (TPSA) is 47.9 Å². The number of hydrogen-bond donors (Lipinski definition) is 0. The molecule has 0 radical (unpaired) electrons. The van der Waals surface area contributed by atoms with Gasteiger partial charge < -0.3 is 4.74 Å². The smallest absolute Gasteiger partial charge is 0.164 e. The SMILES string of the molecule is c1ccc(-c2ccc(-c3nc(-c4ccc(-c5cccc6c5-c5ccccc5OC6)cc4)nc(-c4cccc(-c5ccccc5)c4)n3)cc2)cc1. The molecule has 0 aliphatic carbocycles. The Morgan fingerprint density at radius 2 is 0.800 bits per heavy atom. The summed E-state index contributed by atoms with van der Waals surface area (Å²) in [5.74, 6) is 2.81. The van der Waals surface area contributed by atoms with Gasteiger partial charge in [-0.05, 0) is 56.6 Å². The maximum absolute atomic E-state index is 6.05. The molecule has 8 aromatic rings. The summed E-state index contributed by atoms with van der Waals surface area (Å²) in [6.45, 7) is 0.562. The summed E-state index contributed by atoms with van der Waals surface area (Å²) in [6, 6.07) is 60.9. The van der Waals surface area contributed by atoms with E-state index in [0.29, 0.717) is 24.1 Å². The van der Waals surface area contributed by atoms with Crippen LogP contribution in [0.15, 0.2) is 176 Å². The highest BCUT2D eigenvalue weighted by Crippen LogP contribution is 2.43. The van der Waals surface area contributed by atoms with Crippen LogP contribution in [0, 0.1) is 0 Å². The van der Waals surface area contributed by atoms with Crippen molar-refractivity contribution in [2.24, 2.45) is 0 Å². The minimum atomic E-state index is 0.562. The van der Waals surface area contributed by atoms with Crippen molar-refractivity contribution >= 4 is 0 Å². The van der Waals surface area contributed by atoms with Crippen LogP contribution in [0.25, 0.3) is 78.7 Å². The molecule has 1 aliphatic rings. The van der Waals surface area contributed by atoms with Gasteiger partial charge in [0.1, 0.15) is 12.4 Å². The zero-order chi connectivity index (χ0) is 33.3. The van der Waals surface area contributed by atoms with Crippen LogP contribution >= 0.6 is 0 Å². The van der Waals surface area contributed by atoms with Gasteiger partial charge in [0.25, 0.3) is 0 Å². The molecule has 0 saturated carbocycles. The van der Waals surface area contributed by atoms with Crippen molar-refractivity contribution < 1.29 is 4.74 Å². The molecule has 0 spiro atoms. The maximum Gasteiger partial charge on any atom is 0.164 e. The molecule has 0 atom stereocenters. The van der Waals surface area contributed by atoms with E-state index in [-0.39, 0.29) is 0 Å². The number of fused-ring (bicyclic) bond motifs is 3. The molecule has 1 aliphatic heterocycles. The first-order valence-electron chi connectivity index (χ1n) is 16.8. The fourth-order valence-corrected chi connectivity index (χ4v) is 6.71. The average molecular weight is 642 g/mol. The minimum absolute atomic E-state index is 0.562. The lowest BCUT2D eigenvalue weighted by atomic mass is 9.89. The average Bonchev–Trinajstić information content (AvgIpc) is 3.21. The quantitative estimate of drug-likeness (QED) is 0.181. The van der Waals surface area contributed by atoms with E-state index in [0.717, 1.165) is 50.3 Å². The van der Waals surface area contributed by atoms with Crippen molar-refractivity contribution in [3.05, 3.63) is 181 Å². The Kier molecular flexibility index (Phi) is 7.52. The molecule has 1 aromatic heterocycles. The number of aromatic nitrogens is 3. The lowest BCUT2D eigenvalue weighted by Crippen LogP contribution is -2.06. The van der Waals surface area contributed by atoms with Crippen molar-refractivity contribution in [3.8, 4) is 84.4 Å². The normalized spacial score (nSPS) is 11.7. The van der Waals surface area contributed by atoms with E-state index in [2.05, 4.69) is 152 Å². The van der Waals surface area contributed by atoms with Crippen LogP contribution in [0.4, 0.5) is 0 Å². The van der Waals surface area contributed by atoms with Crippen LogP contribution in [0.3, 0.4) is 0 Å². The second-order valence-electron chi connectivity index (χ2n) is 12.4. The molecule has 4 heteroatoms. The van der Waals surface area contributed by atoms with Crippen LogP contribution < -0.4 is 4.74 Å². The molecule has 236 valence electrons. The summed E-state index contributed by atoms with van der Waals surface area (Å²) in [4.78, 5) is 15.1. The Morgan fingerprint density at radius 3 is 1.48 bits per heavy atom. The van der Waals surface area contributed by atoms with E-state index in [1.165, 1.54) is 22.3 Å². The van der Waals surface area contributed by atoms with Gasteiger partial charge in [0.15, 0.2) is 17.5 Å². The van der Waals surface area contributed by atoms with Crippen LogP contribution in [0.1, 0.15) is 5.56 Å². The van der Waals surface area contributed by atoms with Gasteiger partial charge in [-0.25, -0.2) is 15.0 Å². The van der Waals surface area contributed by atoms with Gasteiger partial charge in [-0.2, -0.15) is 0 Å². The summed E-state index contributed by atoms with van der Waals surface area (Å²) >= 11 is 0. The molecule has 0 amide bonds. The Labute approximate surface area is 291 Å². The standard InChI is InChI=1S/C46H31N3O/c1-3-11-31(12-4-1)33-21-25-35(26-22-33)44-47-45(49-46(48-44)38-16-9-15-37(29-38)32-13-5-2-6-14-32)36-27-23-34(24-28-36)40-19-10-17-39-30-50-42-20-8-7-18-41(42)43(39)40/h1-29H,30H2. The van der Waals surface area contributed by atoms with Crippen LogP contribution in [0.2, 0.25) is 0 Å². The molecule has 2 heterocycles. The number of para-hydroxylation sites is 1. The van der Waals surface area contributed by atoms with Gasteiger partial charge in [0, 0.05) is 22.3 Å². The van der Waals surface area contributed by atoms with Crippen molar-refractivity contribution in [1.82, 2.24) is 15.0 Å². The predicted molar refractivity (Wildman–Crippen MR) is 202 cm³/mol. The van der Waals surface area contributed by atoms with E-state index in [4.69, 9.17) is 19.7 Å². The van der Waals surface area contributed by atoms with Gasteiger partial charge in [0.2, 0.25) is 0 Å². The number of hydrogen-bond acceptors (Lipinski definition) is 4. The highest BCUT2D eigenvalue weighted by atomic mass is 16.5. The highest BCUT2D eigenvalue weighted by Gasteiger charge is 2.21. The van der Waals surface area contributed by atoms with E-state index < -0.39 is 0 Å². The molecular weight excluding hydrogens is 611 g/mol. The second kappa shape index (κ2) is 12.8. The maximum atomic E-state index is 6.05. The summed E-state index contributed by atoms with van der Waals surface area (Å²) in [5.41, 5.74) is 13.2. The zero-order valence-corrected chi connectivity index (χ0v) is 27.2. The zero-order valence-electron chi connectivity index (χ0n) is 27.2. The number of benzene rings is 7. The largest absolute Gasteiger partial charge is 0.488 e. The Hall–Kier alpha value is -6.65. The van der Waals surface area contributed by atoms with Crippen molar-refractivity contribution in [1.29, 1.82) is 0 Å². The van der Waals surface area contributed by atoms with Crippen molar-refractivity contribution in [3.63, 3.8) is 0 Å². The summed E-state index contributed by atoms with van der Waals surface area (Å²) in [5, 5.41) is 0. The minimum Gasteiger partial charge on any atom is -0.488 e. The van der Waals surface area contributed by atoms with Crippen molar-refractivity contribution in [2.45, 2.75) is 6.61 Å². The van der Waals surface area contributed by atoms with Crippen LogP contribution in [0.5, 0.6) is 5.75 Å². The highest BCUT2D eigenvalue weighted by molar-refractivity contribution is 5.89. The van der Waals surface area contributed by atoms with Gasteiger partial charge in [-0.15, -0.1) is 0 Å². The Morgan fingerprint density at radius 1 is 0.340 bits per heavy atom. The fraction of sp³-hybridized carbons (Fsp3) is 0.0217. The van der Waals surface area contributed by atoms with Gasteiger partial charge in [-0.1, -0.05) is 164 Å². The lowest BCUT2D eigenvalue weighted by molar-refractivity contribution is 0.302. The predicted octanol–water partition coefficient (Wildman–Crippen LogP) is 11.4. The first kappa shape index (κ1) is 29.5. The first-order chi connectivity index (χ1) is 24.8. The monoisotopic (exact) mass is 641 g/mol. The summed E-state index contributed by atoms with van der Waals surface area (Å²) < 4.78 is 6.05. The first-order valence-corrected chi connectivity index (χ1v) is 16.8. The number of ether oxygens (including phenoxy) is 1. The molecule has 4 nitrogen and oxygen atoms in total. The summed E-state index contributed by atoms with van der Waals surface area (Å²) in [7, 11) is 0. The molecule has 0 fully saturated rings. The molecular formula is C46H31N3O. The molecule has 7 aromatic carbocycles. The second-order valence-corrected chi connectivity index (χ2v) is 12.4. The van der Waals surface area contributed by atoms with E-state index in [1.807, 2.05) is 24.3 Å². The number of nitrogens with zero attached hydrogens (tertiary/aromatic N) is 3. The summed E-state index contributed by atoms with van der Waals surface area (Å²) in [6.07, 6.45) is 0. The molecule has 0 N–H and O–H groups in total. The van der Waals surface area contributed by atoms with E-state index >= 15 is 0 Å². The molecule has 50 heavy (non-hydrogen) atoms. The third-order valence-electron chi connectivity index (χ3n) is 9.26.